The molecule has 0 atom stereocenters. The van der Waals surface area contributed by atoms with Gasteiger partial charge < -0.3 is 0 Å². The van der Waals surface area contributed by atoms with Crippen LogP contribution < -0.4 is 4.68 Å². The number of fused-ring (bicyclic) bond motifs is 5. The fourth-order valence-electron chi connectivity index (χ4n) is 3.69. The van der Waals surface area contributed by atoms with Crippen LogP contribution in [0.4, 0.5) is 11.4 Å². The highest BCUT2D eigenvalue weighted by Gasteiger charge is 2.28. The second-order valence-electron chi connectivity index (χ2n) is 6.37. The number of aromatic nitrogens is 2. The molecule has 0 saturated carbocycles. The summed E-state index contributed by atoms with van der Waals surface area (Å²) in [5, 5.41) is 0.987. The Kier molecular flexibility index (Phi) is 2.95. The van der Waals surface area contributed by atoms with E-state index >= 15 is 0 Å². The van der Waals surface area contributed by atoms with Crippen molar-refractivity contribution in [3.8, 4) is 16.8 Å². The summed E-state index contributed by atoms with van der Waals surface area (Å²) in [6.45, 7) is 15.4. The highest BCUT2D eigenvalue weighted by Crippen LogP contribution is 2.35. The molecule has 0 aliphatic carbocycles. The van der Waals surface area contributed by atoms with E-state index in [1.54, 1.807) is 0 Å². The molecule has 0 radical (unpaired) electrons. The quantitative estimate of drug-likeness (QED) is 0.302. The van der Waals surface area contributed by atoms with Gasteiger partial charge in [-0.05, 0) is 29.3 Å². The van der Waals surface area contributed by atoms with Crippen LogP contribution in [0.2, 0.25) is 0 Å². The Hall–Kier alpha value is -3.89. The molecule has 4 heteroatoms. The van der Waals surface area contributed by atoms with E-state index in [4.69, 9.17) is 13.1 Å². The summed E-state index contributed by atoms with van der Waals surface area (Å²) < 4.78 is 4.29. The third-order valence-electron chi connectivity index (χ3n) is 4.89. The average molecular weight is 333 g/mol. The topological polar surface area (TPSA) is 17.5 Å². The normalized spacial score (nSPS) is 11.6. The lowest BCUT2D eigenvalue weighted by Gasteiger charge is -2.04. The summed E-state index contributed by atoms with van der Waals surface area (Å²) in [6, 6.07) is 20.5. The van der Waals surface area contributed by atoms with Gasteiger partial charge in [0.2, 0.25) is 6.20 Å². The predicted octanol–water partition coefficient (Wildman–Crippen LogP) is 5.05. The van der Waals surface area contributed by atoms with Gasteiger partial charge in [0.25, 0.3) is 0 Å². The van der Waals surface area contributed by atoms with Crippen molar-refractivity contribution in [3.63, 3.8) is 0 Å². The molecule has 120 valence electrons. The molecule has 0 spiro atoms. The molecule has 0 saturated heterocycles. The maximum atomic E-state index is 7.35. The van der Waals surface area contributed by atoms with E-state index in [2.05, 4.69) is 67.7 Å². The van der Waals surface area contributed by atoms with E-state index in [0.29, 0.717) is 11.4 Å². The molecule has 0 fully saturated rings. The number of benzene rings is 3. The van der Waals surface area contributed by atoms with Crippen LogP contribution in [-0.4, -0.2) is 4.68 Å². The zero-order chi connectivity index (χ0) is 17.7. The average Bonchev–Trinajstić information content (AvgIpc) is 3.21. The standard InChI is InChI=1S/C22H13N4/c1-23-19-11-18-14-25-13-17-10-16(15-6-4-3-5-7-15)8-9-21(17)26(25)22(18)12-20(19)24-2/h3-12,14H,13H2/q+1. The molecule has 0 amide bonds. The molecule has 0 bridgehead atoms. The molecule has 5 rings (SSSR count). The molecule has 0 N–H and O–H groups in total. The second-order valence-corrected chi connectivity index (χ2v) is 6.37. The first-order valence-corrected chi connectivity index (χ1v) is 8.31. The van der Waals surface area contributed by atoms with Gasteiger partial charge in [0, 0.05) is 5.56 Å². The first-order valence-electron chi connectivity index (χ1n) is 8.31. The van der Waals surface area contributed by atoms with Crippen molar-refractivity contribution in [2.24, 2.45) is 0 Å². The minimum absolute atomic E-state index is 0.406. The van der Waals surface area contributed by atoms with E-state index in [0.717, 1.165) is 23.1 Å². The highest BCUT2D eigenvalue weighted by atomic mass is 15.4. The summed E-state index contributed by atoms with van der Waals surface area (Å²) in [5.74, 6) is 0. The van der Waals surface area contributed by atoms with Gasteiger partial charge in [-0.25, -0.2) is 0 Å². The zero-order valence-electron chi connectivity index (χ0n) is 13.8. The van der Waals surface area contributed by atoms with E-state index in [1.165, 1.54) is 16.7 Å². The smallest absolute Gasteiger partial charge is 0.202 e. The van der Waals surface area contributed by atoms with Gasteiger partial charge in [-0.15, -0.1) is 9.36 Å². The van der Waals surface area contributed by atoms with Crippen molar-refractivity contribution >= 4 is 22.3 Å². The summed E-state index contributed by atoms with van der Waals surface area (Å²) in [7, 11) is 0. The Labute approximate surface area is 150 Å². The van der Waals surface area contributed by atoms with Crippen molar-refractivity contribution in [2.45, 2.75) is 6.54 Å². The van der Waals surface area contributed by atoms with E-state index in [-0.39, 0.29) is 0 Å². The van der Waals surface area contributed by atoms with Gasteiger partial charge in [-0.3, -0.25) is 9.69 Å². The number of hydrogen-bond donors (Lipinski definition) is 0. The zero-order valence-corrected chi connectivity index (χ0v) is 13.8. The number of nitrogens with zero attached hydrogens (tertiary/aromatic N) is 4. The first kappa shape index (κ1) is 14.5. The molecule has 1 aliphatic rings. The molecular formula is C22H13N4+. The molecular weight excluding hydrogens is 320 g/mol. The van der Waals surface area contributed by atoms with Gasteiger partial charge in [0.05, 0.1) is 18.5 Å². The van der Waals surface area contributed by atoms with Crippen LogP contribution in [-0.2, 0) is 6.54 Å². The summed E-state index contributed by atoms with van der Waals surface area (Å²) in [6.07, 6.45) is 2.06. The Morgan fingerprint density at radius 2 is 1.62 bits per heavy atom. The van der Waals surface area contributed by atoms with E-state index < -0.39 is 0 Å². The Morgan fingerprint density at radius 1 is 0.846 bits per heavy atom. The minimum Gasteiger partial charge on any atom is -0.250 e. The third kappa shape index (κ3) is 1.97. The summed E-state index contributed by atoms with van der Waals surface area (Å²) >= 11 is 0. The van der Waals surface area contributed by atoms with Crippen LogP contribution in [0.3, 0.4) is 0 Å². The molecule has 4 nitrogen and oxygen atoms in total. The fourth-order valence-corrected chi connectivity index (χ4v) is 3.69. The van der Waals surface area contributed by atoms with Crippen LogP contribution in [0.25, 0.3) is 37.4 Å². The number of hydrogen-bond acceptors (Lipinski definition) is 0. The van der Waals surface area contributed by atoms with E-state index in [9.17, 15) is 0 Å². The van der Waals surface area contributed by atoms with Crippen molar-refractivity contribution in [3.05, 3.63) is 95.3 Å². The predicted molar refractivity (Wildman–Crippen MR) is 101 cm³/mol. The van der Waals surface area contributed by atoms with Crippen molar-refractivity contribution < 1.29 is 4.68 Å². The lowest BCUT2D eigenvalue weighted by Crippen LogP contribution is -2.36. The first-order chi connectivity index (χ1) is 12.8. The largest absolute Gasteiger partial charge is 0.250 e. The van der Waals surface area contributed by atoms with Gasteiger partial charge in [-0.2, -0.15) is 0 Å². The lowest BCUT2D eigenvalue weighted by atomic mass is 10.0. The van der Waals surface area contributed by atoms with Gasteiger partial charge >= 0.3 is 0 Å². The monoisotopic (exact) mass is 333 g/mol. The lowest BCUT2D eigenvalue weighted by molar-refractivity contribution is -0.749. The molecule has 3 aromatic carbocycles. The summed E-state index contributed by atoms with van der Waals surface area (Å²) in [4.78, 5) is 7.00. The van der Waals surface area contributed by atoms with Crippen LogP contribution in [0.15, 0.2) is 66.9 Å². The molecule has 2 heterocycles. The molecule has 4 aromatic rings. The van der Waals surface area contributed by atoms with Crippen LogP contribution in [0.1, 0.15) is 5.56 Å². The summed E-state index contributed by atoms with van der Waals surface area (Å²) in [5.41, 5.74) is 6.59. The van der Waals surface area contributed by atoms with Crippen molar-refractivity contribution in [1.82, 2.24) is 4.68 Å². The van der Waals surface area contributed by atoms with Gasteiger partial charge in [0.1, 0.15) is 11.2 Å². The minimum atomic E-state index is 0.406. The SMILES string of the molecule is [C-]#[N+]c1cc2c[n+]3n(c2cc1[N+]#[C-])-c1ccc(-c2ccccc2)cc1C3. The fraction of sp³-hybridized carbons (Fsp3) is 0.0455. The Morgan fingerprint density at radius 3 is 2.38 bits per heavy atom. The molecule has 26 heavy (non-hydrogen) atoms. The van der Waals surface area contributed by atoms with Crippen molar-refractivity contribution in [1.29, 1.82) is 0 Å². The van der Waals surface area contributed by atoms with Crippen LogP contribution >= 0.6 is 0 Å². The van der Waals surface area contributed by atoms with Gasteiger partial charge in [0.15, 0.2) is 17.9 Å². The number of rotatable bonds is 1. The maximum absolute atomic E-state index is 7.35. The highest BCUT2D eigenvalue weighted by molar-refractivity contribution is 5.91. The Balaban J connectivity index is 1.70. The maximum Gasteiger partial charge on any atom is 0.202 e. The van der Waals surface area contributed by atoms with Crippen molar-refractivity contribution in [2.75, 3.05) is 0 Å². The van der Waals surface area contributed by atoms with Gasteiger partial charge in [-0.1, -0.05) is 42.5 Å². The molecule has 0 unspecified atom stereocenters. The van der Waals surface area contributed by atoms with E-state index in [1.807, 2.05) is 18.2 Å². The molecule has 1 aromatic heterocycles. The van der Waals surface area contributed by atoms with Crippen LogP contribution in [0, 0.1) is 13.1 Å². The van der Waals surface area contributed by atoms with Crippen LogP contribution in [0.5, 0.6) is 0 Å². The second kappa shape index (κ2) is 5.31. The Bertz CT molecular complexity index is 1270. The third-order valence-corrected chi connectivity index (χ3v) is 4.89. The molecule has 1 aliphatic heterocycles.